The number of nitrogens with zero attached hydrogens (tertiary/aromatic N) is 4. The minimum atomic E-state index is -0.622. The zero-order chi connectivity index (χ0) is 25.8. The summed E-state index contributed by atoms with van der Waals surface area (Å²) in [6.07, 6.45) is 2.24. The van der Waals surface area contributed by atoms with Crippen LogP contribution in [-0.4, -0.2) is 34.1 Å². The van der Waals surface area contributed by atoms with Crippen LogP contribution < -0.4 is 20.1 Å². The van der Waals surface area contributed by atoms with Crippen LogP contribution in [0.4, 0.5) is 33.1 Å². The summed E-state index contributed by atoms with van der Waals surface area (Å²) in [4.78, 5) is 23.3. The highest BCUT2D eigenvalue weighted by atomic mass is 35.5. The smallest absolute Gasteiger partial charge is 0.292 e. The zero-order valence-corrected chi connectivity index (χ0v) is 20.3. The molecule has 184 valence electrons. The summed E-state index contributed by atoms with van der Waals surface area (Å²) in [5.74, 6) is 0.376. The van der Waals surface area contributed by atoms with Crippen LogP contribution in [0.3, 0.4) is 0 Å². The second-order valence-electron chi connectivity index (χ2n) is 7.15. The molecule has 2 aromatic heterocycles. The Hall–Kier alpha value is -4.22. The molecule has 4 aromatic rings. The van der Waals surface area contributed by atoms with Gasteiger partial charge in [0, 0.05) is 23.8 Å². The fourth-order valence-corrected chi connectivity index (χ4v) is 3.89. The van der Waals surface area contributed by atoms with E-state index >= 15 is 0 Å². The molecule has 2 heterocycles. The Morgan fingerprint density at radius 1 is 0.972 bits per heavy atom. The van der Waals surface area contributed by atoms with E-state index in [2.05, 4.69) is 25.6 Å². The van der Waals surface area contributed by atoms with E-state index in [0.29, 0.717) is 11.5 Å². The zero-order valence-electron chi connectivity index (χ0n) is 18.8. The van der Waals surface area contributed by atoms with Gasteiger partial charge in [0.1, 0.15) is 51.0 Å². The Labute approximate surface area is 214 Å². The van der Waals surface area contributed by atoms with Crippen molar-refractivity contribution in [1.29, 1.82) is 0 Å². The lowest BCUT2D eigenvalue weighted by Gasteiger charge is -2.17. The second kappa shape index (κ2) is 10.6. The molecule has 0 amide bonds. The largest absolute Gasteiger partial charge is 0.495 e. The molecular weight excluding hydrogens is 514 g/mol. The fourth-order valence-electron chi connectivity index (χ4n) is 3.30. The molecule has 0 radical (unpaired) electrons. The van der Waals surface area contributed by atoms with Gasteiger partial charge in [-0.05, 0) is 12.1 Å². The van der Waals surface area contributed by atoms with Gasteiger partial charge in [-0.15, -0.1) is 0 Å². The first-order chi connectivity index (χ1) is 17.3. The summed E-state index contributed by atoms with van der Waals surface area (Å²) >= 11 is 12.9. The first kappa shape index (κ1) is 24.9. The molecule has 4 rings (SSSR count). The lowest BCUT2D eigenvalue weighted by atomic mass is 10.1. The molecule has 2 aromatic carbocycles. The van der Waals surface area contributed by atoms with E-state index in [4.69, 9.17) is 32.7 Å². The van der Waals surface area contributed by atoms with Gasteiger partial charge >= 0.3 is 0 Å². The molecule has 0 saturated heterocycles. The third-order valence-electron chi connectivity index (χ3n) is 4.98. The number of pyridine rings is 1. The summed E-state index contributed by atoms with van der Waals surface area (Å²) < 4.78 is 24.8. The van der Waals surface area contributed by atoms with Crippen LogP contribution in [0.2, 0.25) is 10.0 Å². The molecule has 0 saturated carbocycles. The third-order valence-corrected chi connectivity index (χ3v) is 5.73. The van der Waals surface area contributed by atoms with Crippen molar-refractivity contribution in [1.82, 2.24) is 15.0 Å². The van der Waals surface area contributed by atoms with E-state index in [1.54, 1.807) is 12.1 Å². The molecule has 0 spiro atoms. The number of nitrogens with one attached hydrogen (secondary N) is 2. The number of ether oxygens (including phenoxy) is 2. The van der Waals surface area contributed by atoms with Crippen molar-refractivity contribution in [3.05, 3.63) is 81.0 Å². The predicted molar refractivity (Wildman–Crippen MR) is 134 cm³/mol. The number of methoxy groups -OCH3 is 2. The van der Waals surface area contributed by atoms with Crippen LogP contribution in [-0.2, 0) is 0 Å². The summed E-state index contributed by atoms with van der Waals surface area (Å²) in [5.41, 5.74) is 0.829. The minimum absolute atomic E-state index is 0.135. The van der Waals surface area contributed by atoms with Crippen molar-refractivity contribution in [2.45, 2.75) is 0 Å². The average molecular weight is 531 g/mol. The van der Waals surface area contributed by atoms with Gasteiger partial charge in [0.2, 0.25) is 0 Å². The van der Waals surface area contributed by atoms with Crippen LogP contribution in [0, 0.1) is 15.9 Å². The Bertz CT molecular complexity index is 1430. The summed E-state index contributed by atoms with van der Waals surface area (Å²) in [5, 5.41) is 17.5. The van der Waals surface area contributed by atoms with Crippen LogP contribution >= 0.6 is 23.2 Å². The number of nitro benzene ring substituents is 1. The van der Waals surface area contributed by atoms with Crippen molar-refractivity contribution in [2.75, 3.05) is 24.9 Å². The van der Waals surface area contributed by atoms with Crippen LogP contribution in [0.5, 0.6) is 11.5 Å². The van der Waals surface area contributed by atoms with Gasteiger partial charge in [0.25, 0.3) is 5.69 Å². The number of nitro groups is 1. The van der Waals surface area contributed by atoms with Gasteiger partial charge in [-0.25, -0.2) is 19.3 Å². The van der Waals surface area contributed by atoms with Gasteiger partial charge < -0.3 is 20.1 Å². The fraction of sp³-hybridized carbons (Fsp3) is 0.0870. The lowest BCUT2D eigenvalue weighted by Crippen LogP contribution is -2.03. The number of para-hydroxylation sites is 2. The summed E-state index contributed by atoms with van der Waals surface area (Å²) in [6, 6.07) is 10.3. The van der Waals surface area contributed by atoms with Crippen molar-refractivity contribution < 1.29 is 18.8 Å². The number of rotatable bonds is 8. The first-order valence-electron chi connectivity index (χ1n) is 10.2. The Morgan fingerprint density at radius 3 is 2.33 bits per heavy atom. The monoisotopic (exact) mass is 530 g/mol. The van der Waals surface area contributed by atoms with Crippen molar-refractivity contribution in [3.63, 3.8) is 0 Å². The number of aromatic nitrogens is 3. The Kier molecular flexibility index (Phi) is 7.32. The molecule has 13 heteroatoms. The SMILES string of the molecule is COc1cc(OC)c(Cl)c(Nc2ncc(F)cc2-c2cc(Nc3ccccc3[N+](=O)[O-])ncn2)c1Cl. The van der Waals surface area contributed by atoms with Crippen LogP contribution in [0.15, 0.2) is 55.0 Å². The van der Waals surface area contributed by atoms with Crippen LogP contribution in [0.1, 0.15) is 0 Å². The lowest BCUT2D eigenvalue weighted by molar-refractivity contribution is -0.383. The Morgan fingerprint density at radius 2 is 1.67 bits per heavy atom. The summed E-state index contributed by atoms with van der Waals surface area (Å²) in [6.45, 7) is 0. The van der Waals surface area contributed by atoms with E-state index in [-0.39, 0.29) is 50.0 Å². The van der Waals surface area contributed by atoms with E-state index in [9.17, 15) is 14.5 Å². The average Bonchev–Trinajstić information content (AvgIpc) is 2.88. The summed E-state index contributed by atoms with van der Waals surface area (Å²) in [7, 11) is 2.87. The second-order valence-corrected chi connectivity index (χ2v) is 7.90. The maximum atomic E-state index is 14.2. The molecular formula is C23H17Cl2FN6O4. The maximum absolute atomic E-state index is 14.2. The molecule has 10 nitrogen and oxygen atoms in total. The topological polar surface area (TPSA) is 124 Å². The molecule has 0 aliphatic carbocycles. The predicted octanol–water partition coefficient (Wildman–Crippen LogP) is 6.40. The Balaban J connectivity index is 1.76. The number of hydrogen-bond donors (Lipinski definition) is 2. The highest BCUT2D eigenvalue weighted by Crippen LogP contribution is 2.46. The first-order valence-corrected chi connectivity index (χ1v) is 10.9. The molecule has 2 N–H and O–H groups in total. The number of benzene rings is 2. The number of anilines is 4. The van der Waals surface area contributed by atoms with E-state index < -0.39 is 10.7 Å². The number of halogens is 3. The van der Waals surface area contributed by atoms with Crippen LogP contribution in [0.25, 0.3) is 11.3 Å². The normalized spacial score (nSPS) is 10.6. The highest BCUT2D eigenvalue weighted by Gasteiger charge is 2.20. The van der Waals surface area contributed by atoms with Gasteiger partial charge in [-0.2, -0.15) is 0 Å². The molecule has 0 bridgehead atoms. The standard InChI is InChI=1S/C23H17Cl2FN6O4/c1-35-17-9-18(36-2)21(25)22(20(17)24)31-23-13(7-12(26)10-27-23)15-8-19(29-11-28-15)30-14-5-3-4-6-16(14)32(33)34/h3-11H,1-2H3,(H,27,31)(H,28,29,30). The number of hydrogen-bond acceptors (Lipinski definition) is 9. The molecule has 0 fully saturated rings. The molecule has 0 aliphatic heterocycles. The van der Waals surface area contributed by atoms with E-state index in [1.165, 1.54) is 50.9 Å². The van der Waals surface area contributed by atoms with Gasteiger partial charge in [-0.1, -0.05) is 35.3 Å². The molecule has 0 atom stereocenters. The minimum Gasteiger partial charge on any atom is -0.495 e. The van der Waals surface area contributed by atoms with E-state index in [1.807, 2.05) is 0 Å². The third kappa shape index (κ3) is 5.07. The molecule has 36 heavy (non-hydrogen) atoms. The maximum Gasteiger partial charge on any atom is 0.292 e. The quantitative estimate of drug-likeness (QED) is 0.196. The van der Waals surface area contributed by atoms with Gasteiger partial charge in [-0.3, -0.25) is 10.1 Å². The molecule has 0 unspecified atom stereocenters. The van der Waals surface area contributed by atoms with Crippen molar-refractivity contribution in [3.8, 4) is 22.8 Å². The van der Waals surface area contributed by atoms with Gasteiger partial charge in [0.15, 0.2) is 0 Å². The van der Waals surface area contributed by atoms with E-state index in [0.717, 1.165) is 6.20 Å². The van der Waals surface area contributed by atoms with Gasteiger partial charge in [0.05, 0.1) is 36.7 Å². The van der Waals surface area contributed by atoms with Crippen molar-refractivity contribution >= 4 is 51.9 Å². The highest BCUT2D eigenvalue weighted by molar-refractivity contribution is 6.41. The van der Waals surface area contributed by atoms with Crippen molar-refractivity contribution in [2.24, 2.45) is 0 Å². The molecule has 0 aliphatic rings.